The molecule has 1 heterocycles. The summed E-state index contributed by atoms with van der Waals surface area (Å²) in [5.74, 6) is 0. The van der Waals surface area contributed by atoms with Crippen molar-refractivity contribution in [1.82, 2.24) is 15.0 Å². The Hall–Kier alpha value is -0.900. The van der Waals surface area contributed by atoms with Gasteiger partial charge < -0.3 is 5.11 Å². The van der Waals surface area contributed by atoms with E-state index in [-0.39, 0.29) is 12.1 Å². The molecule has 68 valence electrons. The Morgan fingerprint density at radius 2 is 2.33 bits per heavy atom. The third-order valence-electron chi connectivity index (χ3n) is 1.94. The molecule has 2 atom stereocenters. The van der Waals surface area contributed by atoms with Crippen molar-refractivity contribution in [3.63, 3.8) is 0 Å². The lowest BCUT2D eigenvalue weighted by Crippen LogP contribution is -2.21. The molecule has 1 aromatic heterocycles. The van der Waals surface area contributed by atoms with Crippen molar-refractivity contribution in [1.29, 1.82) is 0 Å². The summed E-state index contributed by atoms with van der Waals surface area (Å²) in [5, 5.41) is 17.2. The zero-order valence-corrected chi connectivity index (χ0v) is 7.73. The zero-order chi connectivity index (χ0) is 9.14. The maximum Gasteiger partial charge on any atom is 0.0796 e. The minimum atomic E-state index is -0.379. The first-order chi connectivity index (χ1) is 5.65. The van der Waals surface area contributed by atoms with Gasteiger partial charge in [0.25, 0.3) is 0 Å². The molecule has 0 aliphatic heterocycles. The molecule has 4 nitrogen and oxygen atoms in total. The largest absolute Gasteiger partial charge is 0.391 e. The summed E-state index contributed by atoms with van der Waals surface area (Å²) >= 11 is 0. The normalized spacial score (nSPS) is 16.0. The molecule has 1 rings (SSSR count). The number of aromatic nitrogens is 3. The van der Waals surface area contributed by atoms with E-state index in [9.17, 15) is 5.11 Å². The van der Waals surface area contributed by atoms with Gasteiger partial charge in [-0.15, -0.1) is 5.10 Å². The molecule has 4 heteroatoms. The van der Waals surface area contributed by atoms with Gasteiger partial charge in [0.05, 0.1) is 17.8 Å². The molecular weight excluding hydrogens is 154 g/mol. The molecule has 0 bridgehead atoms. The van der Waals surface area contributed by atoms with E-state index in [0.717, 1.165) is 12.1 Å². The fourth-order valence-electron chi connectivity index (χ4n) is 1.28. The van der Waals surface area contributed by atoms with Crippen LogP contribution in [0.5, 0.6) is 0 Å². The average molecular weight is 169 g/mol. The zero-order valence-electron chi connectivity index (χ0n) is 7.73. The van der Waals surface area contributed by atoms with Crippen LogP contribution in [0.15, 0.2) is 6.20 Å². The van der Waals surface area contributed by atoms with Gasteiger partial charge in [0, 0.05) is 6.20 Å². The highest BCUT2D eigenvalue weighted by atomic mass is 16.3. The second-order valence-electron chi connectivity index (χ2n) is 3.06. The maximum absolute atomic E-state index is 9.39. The van der Waals surface area contributed by atoms with E-state index < -0.39 is 0 Å². The summed E-state index contributed by atoms with van der Waals surface area (Å²) < 4.78 is 1.72. The van der Waals surface area contributed by atoms with Gasteiger partial charge in [-0.05, 0) is 20.3 Å². The Kier molecular flexibility index (Phi) is 2.81. The van der Waals surface area contributed by atoms with E-state index >= 15 is 0 Å². The summed E-state index contributed by atoms with van der Waals surface area (Å²) in [4.78, 5) is 0. The molecule has 0 fully saturated rings. The molecule has 0 spiro atoms. The maximum atomic E-state index is 9.39. The molecule has 0 aromatic carbocycles. The van der Waals surface area contributed by atoms with E-state index in [1.165, 1.54) is 0 Å². The lowest BCUT2D eigenvalue weighted by Gasteiger charge is -2.17. The van der Waals surface area contributed by atoms with Crippen molar-refractivity contribution in [3.05, 3.63) is 11.9 Å². The minimum absolute atomic E-state index is 0.0474. The van der Waals surface area contributed by atoms with Gasteiger partial charge in [-0.2, -0.15) is 0 Å². The third kappa shape index (κ3) is 1.82. The predicted octanol–water partition coefficient (Wildman–Crippen LogP) is 0.918. The van der Waals surface area contributed by atoms with Gasteiger partial charge in [0.15, 0.2) is 0 Å². The fourth-order valence-corrected chi connectivity index (χ4v) is 1.28. The highest BCUT2D eigenvalue weighted by molar-refractivity contribution is 4.89. The molecule has 0 aliphatic carbocycles. The van der Waals surface area contributed by atoms with Crippen molar-refractivity contribution < 1.29 is 5.11 Å². The van der Waals surface area contributed by atoms with E-state index in [0.29, 0.717) is 0 Å². The first kappa shape index (κ1) is 9.19. The Balaban J connectivity index is 2.80. The van der Waals surface area contributed by atoms with Gasteiger partial charge in [0.2, 0.25) is 0 Å². The lowest BCUT2D eigenvalue weighted by molar-refractivity contribution is 0.119. The number of aliphatic hydroxyl groups excluding tert-OH is 1. The van der Waals surface area contributed by atoms with Gasteiger partial charge in [0.1, 0.15) is 0 Å². The van der Waals surface area contributed by atoms with Crippen molar-refractivity contribution in [3.8, 4) is 0 Å². The fraction of sp³-hybridized carbons (Fsp3) is 0.750. The quantitative estimate of drug-likeness (QED) is 0.732. The number of rotatable bonds is 3. The van der Waals surface area contributed by atoms with Crippen LogP contribution in [0.4, 0.5) is 0 Å². The Morgan fingerprint density at radius 1 is 1.67 bits per heavy atom. The second-order valence-corrected chi connectivity index (χ2v) is 3.06. The number of hydrogen-bond donors (Lipinski definition) is 1. The van der Waals surface area contributed by atoms with Gasteiger partial charge >= 0.3 is 0 Å². The van der Waals surface area contributed by atoms with Crippen LogP contribution in [0.3, 0.4) is 0 Å². The third-order valence-corrected chi connectivity index (χ3v) is 1.94. The van der Waals surface area contributed by atoms with Crippen LogP contribution in [0.2, 0.25) is 0 Å². The van der Waals surface area contributed by atoms with E-state index in [1.54, 1.807) is 11.6 Å². The van der Waals surface area contributed by atoms with Crippen LogP contribution in [-0.2, 0) is 0 Å². The molecule has 1 N–H and O–H groups in total. The predicted molar refractivity (Wildman–Crippen MR) is 45.8 cm³/mol. The van der Waals surface area contributed by atoms with E-state index in [1.807, 2.05) is 20.0 Å². The van der Waals surface area contributed by atoms with Crippen molar-refractivity contribution in [2.75, 3.05) is 0 Å². The van der Waals surface area contributed by atoms with Crippen molar-refractivity contribution in [2.45, 2.75) is 39.3 Å². The average Bonchev–Trinajstić information content (AvgIpc) is 2.37. The first-order valence-electron chi connectivity index (χ1n) is 4.21. The molecule has 0 unspecified atom stereocenters. The topological polar surface area (TPSA) is 50.9 Å². The van der Waals surface area contributed by atoms with Crippen molar-refractivity contribution >= 4 is 0 Å². The van der Waals surface area contributed by atoms with Gasteiger partial charge in [-0.3, -0.25) is 0 Å². The van der Waals surface area contributed by atoms with Crippen LogP contribution in [0, 0.1) is 6.92 Å². The van der Waals surface area contributed by atoms with Crippen LogP contribution in [0.1, 0.15) is 32.0 Å². The standard InChI is InChI=1S/C8H15N3O/c1-4-8(7(3)12)11-5-6(2)9-10-11/h5,7-8,12H,4H2,1-3H3/t7-,8+/m1/s1. The SMILES string of the molecule is CC[C@@H]([C@@H](C)O)n1cc(C)nn1. The molecule has 0 aliphatic rings. The number of hydrogen-bond acceptors (Lipinski definition) is 3. The summed E-state index contributed by atoms with van der Waals surface area (Å²) in [5.41, 5.74) is 0.883. The molecule has 0 amide bonds. The highest BCUT2D eigenvalue weighted by Crippen LogP contribution is 2.14. The molecule has 0 saturated heterocycles. The van der Waals surface area contributed by atoms with Crippen LogP contribution < -0.4 is 0 Å². The second kappa shape index (κ2) is 3.67. The molecule has 0 radical (unpaired) electrons. The monoisotopic (exact) mass is 169 g/mol. The Labute approximate surface area is 72.2 Å². The summed E-state index contributed by atoms with van der Waals surface area (Å²) in [6.07, 6.45) is 2.33. The summed E-state index contributed by atoms with van der Waals surface area (Å²) in [7, 11) is 0. The summed E-state index contributed by atoms with van der Waals surface area (Å²) in [6.45, 7) is 5.68. The summed E-state index contributed by atoms with van der Waals surface area (Å²) in [6, 6.07) is 0.0474. The molecule has 0 saturated carbocycles. The molecular formula is C8H15N3O. The van der Waals surface area contributed by atoms with E-state index in [4.69, 9.17) is 0 Å². The number of nitrogens with zero attached hydrogens (tertiary/aromatic N) is 3. The smallest absolute Gasteiger partial charge is 0.0796 e. The Morgan fingerprint density at radius 3 is 2.67 bits per heavy atom. The van der Waals surface area contributed by atoms with Crippen molar-refractivity contribution in [2.24, 2.45) is 0 Å². The number of aliphatic hydroxyl groups is 1. The highest BCUT2D eigenvalue weighted by Gasteiger charge is 2.15. The number of aryl methyl sites for hydroxylation is 1. The van der Waals surface area contributed by atoms with Crippen LogP contribution in [-0.4, -0.2) is 26.2 Å². The van der Waals surface area contributed by atoms with Gasteiger partial charge in [-0.25, -0.2) is 4.68 Å². The molecule has 1 aromatic rings. The van der Waals surface area contributed by atoms with E-state index in [2.05, 4.69) is 10.3 Å². The van der Waals surface area contributed by atoms with Gasteiger partial charge in [-0.1, -0.05) is 12.1 Å². The first-order valence-corrected chi connectivity index (χ1v) is 4.21. The lowest BCUT2D eigenvalue weighted by atomic mass is 10.1. The van der Waals surface area contributed by atoms with Crippen LogP contribution in [0.25, 0.3) is 0 Å². The Bertz CT molecular complexity index is 244. The minimum Gasteiger partial charge on any atom is -0.391 e. The van der Waals surface area contributed by atoms with Crippen LogP contribution >= 0.6 is 0 Å². The molecule has 12 heavy (non-hydrogen) atoms.